The molecule has 0 fully saturated rings. The second-order valence-electron chi connectivity index (χ2n) is 7.96. The molecular weight excluding hydrogens is 416 g/mol. The van der Waals surface area contributed by atoms with Gasteiger partial charge in [-0.1, -0.05) is 50.6 Å². The molecule has 0 spiro atoms. The smallest absolute Gasteiger partial charge is 0.326 e. The highest BCUT2D eigenvalue weighted by atomic mass is 16.4. The molecule has 0 heterocycles. The van der Waals surface area contributed by atoms with Crippen molar-refractivity contribution in [2.24, 2.45) is 11.7 Å². The number of rotatable bonds is 12. The first-order valence-electron chi connectivity index (χ1n) is 10.6. The molecule has 1 aromatic carbocycles. The Bertz CT molecular complexity index is 786. The molecule has 1 aromatic rings. The summed E-state index contributed by atoms with van der Waals surface area (Å²) in [6.07, 6.45) is -0.592. The molecule has 1 rings (SSSR count). The Kier molecular flexibility index (Phi) is 10.8. The van der Waals surface area contributed by atoms with Crippen LogP contribution in [0.4, 0.5) is 0 Å². The molecule has 0 aromatic heterocycles. The average molecular weight is 451 g/mol. The number of hydrogen-bond donors (Lipinski definition) is 6. The SMILES string of the molecule is CCC(C)C(N)C(=O)NC(C)C(=O)NC(C(=O)NC(Cc1ccccc1)C(=O)O)C(C)O. The molecule has 0 bridgehead atoms. The molecule has 0 radical (unpaired) electrons. The van der Waals surface area contributed by atoms with Gasteiger partial charge in [0.05, 0.1) is 12.1 Å². The zero-order chi connectivity index (χ0) is 24.4. The molecule has 6 atom stereocenters. The molecule has 32 heavy (non-hydrogen) atoms. The third-order valence-electron chi connectivity index (χ3n) is 5.27. The number of carbonyl (C=O) groups is 4. The lowest BCUT2D eigenvalue weighted by Crippen LogP contribution is -2.59. The number of aliphatic hydroxyl groups excluding tert-OH is 1. The van der Waals surface area contributed by atoms with Gasteiger partial charge in [0.15, 0.2) is 0 Å². The number of aliphatic carboxylic acids is 1. The standard InChI is InChI=1S/C22H34N4O6/c1-5-12(2)17(23)20(29)24-13(3)19(28)26-18(14(4)27)21(30)25-16(22(31)32)11-15-9-7-6-8-10-15/h6-10,12-14,16-18,27H,5,11,23H2,1-4H3,(H,24,29)(H,25,30)(H,26,28)(H,31,32). The normalized spacial score (nSPS) is 16.6. The van der Waals surface area contributed by atoms with Crippen LogP contribution in [0, 0.1) is 5.92 Å². The monoisotopic (exact) mass is 450 g/mol. The summed E-state index contributed by atoms with van der Waals surface area (Å²) in [5.74, 6) is -3.41. The summed E-state index contributed by atoms with van der Waals surface area (Å²) in [5.41, 5.74) is 6.56. The fourth-order valence-corrected chi connectivity index (χ4v) is 2.88. The number of carboxylic acid groups (broad SMARTS) is 1. The van der Waals surface area contributed by atoms with Crippen LogP contribution in [0.3, 0.4) is 0 Å². The maximum Gasteiger partial charge on any atom is 0.326 e. The van der Waals surface area contributed by atoms with Gasteiger partial charge in [-0.15, -0.1) is 0 Å². The van der Waals surface area contributed by atoms with Crippen molar-refractivity contribution in [1.29, 1.82) is 0 Å². The molecule has 10 nitrogen and oxygen atoms in total. The van der Waals surface area contributed by atoms with Crippen LogP contribution in [0.5, 0.6) is 0 Å². The number of nitrogens with two attached hydrogens (primary N) is 1. The fourth-order valence-electron chi connectivity index (χ4n) is 2.88. The Hall–Kier alpha value is -2.98. The number of nitrogens with one attached hydrogen (secondary N) is 3. The van der Waals surface area contributed by atoms with Crippen LogP contribution in [-0.4, -0.2) is 64.2 Å². The quantitative estimate of drug-likeness (QED) is 0.250. The summed E-state index contributed by atoms with van der Waals surface area (Å²) in [7, 11) is 0. The molecule has 3 amide bonds. The molecule has 0 saturated carbocycles. The van der Waals surface area contributed by atoms with Crippen LogP contribution >= 0.6 is 0 Å². The Morgan fingerprint density at radius 2 is 1.53 bits per heavy atom. The Morgan fingerprint density at radius 1 is 0.938 bits per heavy atom. The van der Waals surface area contributed by atoms with Crippen LogP contribution in [0.15, 0.2) is 30.3 Å². The van der Waals surface area contributed by atoms with Gasteiger partial charge in [-0.3, -0.25) is 14.4 Å². The predicted octanol–water partition coefficient (Wildman–Crippen LogP) is -0.458. The van der Waals surface area contributed by atoms with Crippen molar-refractivity contribution in [2.75, 3.05) is 0 Å². The molecule has 0 aliphatic heterocycles. The molecule has 7 N–H and O–H groups in total. The maximum atomic E-state index is 12.6. The van der Waals surface area contributed by atoms with E-state index >= 15 is 0 Å². The highest BCUT2D eigenvalue weighted by molar-refractivity contribution is 5.94. The first-order chi connectivity index (χ1) is 15.0. The highest BCUT2D eigenvalue weighted by Gasteiger charge is 2.32. The number of benzene rings is 1. The summed E-state index contributed by atoms with van der Waals surface area (Å²) in [4.78, 5) is 48.9. The van der Waals surface area contributed by atoms with E-state index in [0.717, 1.165) is 0 Å². The van der Waals surface area contributed by atoms with E-state index in [0.29, 0.717) is 12.0 Å². The lowest BCUT2D eigenvalue weighted by molar-refractivity contribution is -0.143. The van der Waals surface area contributed by atoms with Gasteiger partial charge in [0.2, 0.25) is 17.7 Å². The summed E-state index contributed by atoms with van der Waals surface area (Å²) in [5, 5.41) is 26.7. The van der Waals surface area contributed by atoms with E-state index in [2.05, 4.69) is 16.0 Å². The van der Waals surface area contributed by atoms with E-state index < -0.39 is 54.0 Å². The van der Waals surface area contributed by atoms with E-state index in [1.807, 2.05) is 13.8 Å². The van der Waals surface area contributed by atoms with Crippen molar-refractivity contribution in [3.05, 3.63) is 35.9 Å². The van der Waals surface area contributed by atoms with Gasteiger partial charge < -0.3 is 31.9 Å². The van der Waals surface area contributed by atoms with Gasteiger partial charge in [-0.2, -0.15) is 0 Å². The minimum absolute atomic E-state index is 0.0301. The third-order valence-corrected chi connectivity index (χ3v) is 5.27. The molecule has 6 unspecified atom stereocenters. The van der Waals surface area contributed by atoms with Crippen LogP contribution in [0.25, 0.3) is 0 Å². The third kappa shape index (κ3) is 8.27. The van der Waals surface area contributed by atoms with Gasteiger partial charge >= 0.3 is 5.97 Å². The first-order valence-corrected chi connectivity index (χ1v) is 10.6. The predicted molar refractivity (Wildman–Crippen MR) is 118 cm³/mol. The number of carbonyl (C=O) groups excluding carboxylic acids is 3. The number of carboxylic acids is 1. The van der Waals surface area contributed by atoms with E-state index in [1.54, 1.807) is 30.3 Å². The van der Waals surface area contributed by atoms with Gasteiger partial charge in [0.1, 0.15) is 18.1 Å². The number of amides is 3. The highest BCUT2D eigenvalue weighted by Crippen LogP contribution is 2.07. The second kappa shape index (κ2) is 12.8. The van der Waals surface area contributed by atoms with Crippen molar-refractivity contribution in [3.63, 3.8) is 0 Å². The first kappa shape index (κ1) is 27.1. The average Bonchev–Trinajstić information content (AvgIpc) is 2.75. The summed E-state index contributed by atoms with van der Waals surface area (Å²) in [6.45, 7) is 6.42. The molecule has 10 heteroatoms. The van der Waals surface area contributed by atoms with Gasteiger partial charge in [-0.05, 0) is 25.3 Å². The largest absolute Gasteiger partial charge is 0.480 e. The molecule has 178 valence electrons. The van der Waals surface area contributed by atoms with Crippen LogP contribution in [-0.2, 0) is 25.6 Å². The van der Waals surface area contributed by atoms with Crippen molar-refractivity contribution >= 4 is 23.7 Å². The van der Waals surface area contributed by atoms with Crippen LogP contribution < -0.4 is 21.7 Å². The van der Waals surface area contributed by atoms with Crippen molar-refractivity contribution in [2.45, 2.75) is 70.8 Å². The van der Waals surface area contributed by atoms with Crippen LogP contribution in [0.2, 0.25) is 0 Å². The summed E-state index contributed by atoms with van der Waals surface area (Å²) >= 11 is 0. The van der Waals surface area contributed by atoms with E-state index in [-0.39, 0.29) is 12.3 Å². The minimum atomic E-state index is -1.41. The van der Waals surface area contributed by atoms with Crippen molar-refractivity contribution in [1.82, 2.24) is 16.0 Å². The zero-order valence-electron chi connectivity index (χ0n) is 18.9. The van der Waals surface area contributed by atoms with Crippen molar-refractivity contribution < 1.29 is 29.4 Å². The second-order valence-corrected chi connectivity index (χ2v) is 7.96. The Morgan fingerprint density at radius 3 is 2.03 bits per heavy atom. The summed E-state index contributed by atoms with van der Waals surface area (Å²) < 4.78 is 0. The molecule has 0 aliphatic rings. The Balaban J connectivity index is 2.79. The van der Waals surface area contributed by atoms with Gasteiger partial charge in [0.25, 0.3) is 0 Å². The van der Waals surface area contributed by atoms with E-state index in [4.69, 9.17) is 5.73 Å². The minimum Gasteiger partial charge on any atom is -0.480 e. The van der Waals surface area contributed by atoms with Gasteiger partial charge in [-0.25, -0.2) is 4.79 Å². The lowest BCUT2D eigenvalue weighted by atomic mass is 9.99. The molecular formula is C22H34N4O6. The number of aliphatic hydroxyl groups is 1. The number of hydrogen-bond acceptors (Lipinski definition) is 6. The topological polar surface area (TPSA) is 171 Å². The van der Waals surface area contributed by atoms with Crippen molar-refractivity contribution in [3.8, 4) is 0 Å². The zero-order valence-corrected chi connectivity index (χ0v) is 18.9. The Labute approximate surface area is 187 Å². The molecule has 0 saturated heterocycles. The fraction of sp³-hybridized carbons (Fsp3) is 0.545. The van der Waals surface area contributed by atoms with Crippen LogP contribution in [0.1, 0.15) is 39.7 Å². The van der Waals surface area contributed by atoms with E-state index in [1.165, 1.54) is 13.8 Å². The lowest BCUT2D eigenvalue weighted by Gasteiger charge is -2.26. The summed E-state index contributed by atoms with van der Waals surface area (Å²) in [6, 6.07) is 4.25. The van der Waals surface area contributed by atoms with E-state index in [9.17, 15) is 29.4 Å². The molecule has 0 aliphatic carbocycles. The maximum absolute atomic E-state index is 12.6. The van der Waals surface area contributed by atoms with Gasteiger partial charge in [0, 0.05) is 6.42 Å².